The normalized spacial score (nSPS) is 15.3. The first kappa shape index (κ1) is 12.4. The van der Waals surface area contributed by atoms with Gasteiger partial charge in [-0.2, -0.15) is 0 Å². The molecule has 1 heterocycles. The highest BCUT2D eigenvalue weighted by atomic mass is 32.1. The van der Waals surface area contributed by atoms with Crippen LogP contribution in [0.15, 0.2) is 17.5 Å². The molecule has 3 heteroatoms. The predicted molar refractivity (Wildman–Crippen MR) is 65.4 cm³/mol. The molecular formula is C12H19NOS. The van der Waals surface area contributed by atoms with Crippen LogP contribution < -0.4 is 0 Å². The highest BCUT2D eigenvalue weighted by molar-refractivity contribution is 7.10. The average Bonchev–Trinajstić information content (AvgIpc) is 2.68. The van der Waals surface area contributed by atoms with E-state index in [2.05, 4.69) is 6.92 Å². The first-order valence-electron chi connectivity index (χ1n) is 5.24. The Morgan fingerprint density at radius 3 is 2.60 bits per heavy atom. The molecule has 0 aliphatic rings. The molecule has 0 radical (unpaired) electrons. The third kappa shape index (κ3) is 2.67. The molecule has 0 amide bonds. The lowest BCUT2D eigenvalue weighted by Crippen LogP contribution is -2.48. The van der Waals surface area contributed by atoms with Gasteiger partial charge in [0.15, 0.2) is 5.78 Å². The van der Waals surface area contributed by atoms with Crippen LogP contribution in [0, 0.1) is 0 Å². The zero-order valence-electron chi connectivity index (χ0n) is 9.91. The zero-order valence-corrected chi connectivity index (χ0v) is 10.7. The van der Waals surface area contributed by atoms with Gasteiger partial charge < -0.3 is 0 Å². The fourth-order valence-electron chi connectivity index (χ4n) is 1.52. The van der Waals surface area contributed by atoms with Gasteiger partial charge in [-0.1, -0.05) is 13.0 Å². The smallest absolute Gasteiger partial charge is 0.157 e. The second kappa shape index (κ2) is 4.90. The Morgan fingerprint density at radius 1 is 1.53 bits per heavy atom. The third-order valence-electron chi connectivity index (χ3n) is 3.19. The van der Waals surface area contributed by atoms with Crippen LogP contribution in [0.2, 0.25) is 0 Å². The van der Waals surface area contributed by atoms with E-state index in [1.807, 2.05) is 43.4 Å². The summed E-state index contributed by atoms with van der Waals surface area (Å²) in [5.74, 6) is 0.303. The maximum absolute atomic E-state index is 12.2. The van der Waals surface area contributed by atoms with Crippen molar-refractivity contribution in [1.82, 2.24) is 4.90 Å². The van der Waals surface area contributed by atoms with Crippen LogP contribution in [0.3, 0.4) is 0 Å². The van der Waals surface area contributed by atoms with E-state index in [-0.39, 0.29) is 5.54 Å². The Bertz CT molecular complexity index is 318. The van der Waals surface area contributed by atoms with E-state index in [4.69, 9.17) is 0 Å². The van der Waals surface area contributed by atoms with Crippen LogP contribution in [-0.4, -0.2) is 30.3 Å². The summed E-state index contributed by atoms with van der Waals surface area (Å²) in [4.78, 5) is 15.3. The summed E-state index contributed by atoms with van der Waals surface area (Å²) in [5.41, 5.74) is -0.329. The van der Waals surface area contributed by atoms with E-state index in [0.717, 1.165) is 11.3 Å². The fraction of sp³-hybridized carbons (Fsp3) is 0.583. The Labute approximate surface area is 95.9 Å². The van der Waals surface area contributed by atoms with Gasteiger partial charge in [0.2, 0.25) is 0 Å². The number of nitrogens with zero attached hydrogens (tertiary/aromatic N) is 1. The Balaban J connectivity index is 2.74. The molecule has 1 rings (SSSR count). The van der Waals surface area contributed by atoms with Crippen molar-refractivity contribution in [3.8, 4) is 0 Å². The Hall–Kier alpha value is -0.670. The SMILES string of the molecule is CCC(C)(C(=O)Cc1cccs1)N(C)C. The highest BCUT2D eigenvalue weighted by Crippen LogP contribution is 2.21. The molecule has 0 fully saturated rings. The van der Waals surface area contributed by atoms with Crippen molar-refractivity contribution in [1.29, 1.82) is 0 Å². The fourth-order valence-corrected chi connectivity index (χ4v) is 2.23. The molecule has 15 heavy (non-hydrogen) atoms. The van der Waals surface area contributed by atoms with Crippen LogP contribution in [0.5, 0.6) is 0 Å². The van der Waals surface area contributed by atoms with Gasteiger partial charge in [0.05, 0.1) is 5.54 Å². The van der Waals surface area contributed by atoms with Crippen molar-refractivity contribution in [2.45, 2.75) is 32.2 Å². The minimum Gasteiger partial charge on any atom is -0.297 e. The largest absolute Gasteiger partial charge is 0.297 e. The Kier molecular flexibility index (Phi) is 4.05. The number of carbonyl (C=O) groups excluding carboxylic acids is 1. The minimum atomic E-state index is -0.329. The lowest BCUT2D eigenvalue weighted by Gasteiger charge is -2.33. The van der Waals surface area contributed by atoms with Crippen LogP contribution in [0.25, 0.3) is 0 Å². The van der Waals surface area contributed by atoms with Gasteiger partial charge in [-0.15, -0.1) is 11.3 Å². The highest BCUT2D eigenvalue weighted by Gasteiger charge is 2.32. The van der Waals surface area contributed by atoms with Gasteiger partial charge in [-0.3, -0.25) is 9.69 Å². The first-order valence-corrected chi connectivity index (χ1v) is 6.11. The third-order valence-corrected chi connectivity index (χ3v) is 4.07. The lowest BCUT2D eigenvalue weighted by atomic mass is 9.89. The lowest BCUT2D eigenvalue weighted by molar-refractivity contribution is -0.128. The number of hydrogen-bond donors (Lipinski definition) is 0. The quantitative estimate of drug-likeness (QED) is 0.767. The number of Topliss-reactive ketones (excluding diaryl/α,β-unsaturated/α-hetero) is 1. The molecule has 0 saturated carbocycles. The number of hydrogen-bond acceptors (Lipinski definition) is 3. The van der Waals surface area contributed by atoms with Gasteiger partial charge in [-0.25, -0.2) is 0 Å². The van der Waals surface area contributed by atoms with Crippen LogP contribution >= 0.6 is 11.3 Å². The van der Waals surface area contributed by atoms with E-state index in [0.29, 0.717) is 12.2 Å². The molecule has 0 N–H and O–H groups in total. The molecule has 1 atom stereocenters. The summed E-state index contributed by atoms with van der Waals surface area (Å²) < 4.78 is 0. The molecule has 84 valence electrons. The summed E-state index contributed by atoms with van der Waals surface area (Å²) in [5, 5.41) is 2.02. The van der Waals surface area contributed by atoms with Gasteiger partial charge in [0.1, 0.15) is 0 Å². The number of carbonyl (C=O) groups is 1. The van der Waals surface area contributed by atoms with E-state index in [1.165, 1.54) is 0 Å². The van der Waals surface area contributed by atoms with Crippen molar-refractivity contribution in [3.63, 3.8) is 0 Å². The molecule has 0 saturated heterocycles. The molecule has 1 aromatic heterocycles. The molecule has 2 nitrogen and oxygen atoms in total. The molecule has 0 aliphatic heterocycles. The number of rotatable bonds is 5. The van der Waals surface area contributed by atoms with E-state index < -0.39 is 0 Å². The predicted octanol–water partition coefficient (Wildman–Crippen LogP) is 2.59. The van der Waals surface area contributed by atoms with Crippen molar-refractivity contribution in [2.24, 2.45) is 0 Å². The van der Waals surface area contributed by atoms with Gasteiger partial charge >= 0.3 is 0 Å². The molecule has 1 aromatic rings. The van der Waals surface area contributed by atoms with Crippen LogP contribution in [-0.2, 0) is 11.2 Å². The van der Waals surface area contributed by atoms with Gasteiger partial charge in [0.25, 0.3) is 0 Å². The standard InChI is InChI=1S/C12H19NOS/c1-5-12(2,13(3)4)11(14)9-10-7-6-8-15-10/h6-8H,5,9H2,1-4H3. The van der Waals surface area contributed by atoms with Gasteiger partial charge in [0, 0.05) is 11.3 Å². The summed E-state index contributed by atoms with van der Waals surface area (Å²) in [6, 6.07) is 4.01. The van der Waals surface area contributed by atoms with E-state index in [9.17, 15) is 4.79 Å². The monoisotopic (exact) mass is 225 g/mol. The molecule has 0 spiro atoms. The summed E-state index contributed by atoms with van der Waals surface area (Å²) in [6.45, 7) is 4.08. The second-order valence-electron chi connectivity index (χ2n) is 4.20. The summed E-state index contributed by atoms with van der Waals surface area (Å²) >= 11 is 1.65. The van der Waals surface area contributed by atoms with E-state index >= 15 is 0 Å². The van der Waals surface area contributed by atoms with E-state index in [1.54, 1.807) is 11.3 Å². The average molecular weight is 225 g/mol. The summed E-state index contributed by atoms with van der Waals surface area (Å²) in [6.07, 6.45) is 1.41. The number of thiophene rings is 1. The van der Waals surface area contributed by atoms with Crippen LogP contribution in [0.4, 0.5) is 0 Å². The van der Waals surface area contributed by atoms with Crippen molar-refractivity contribution >= 4 is 17.1 Å². The molecule has 0 aromatic carbocycles. The van der Waals surface area contributed by atoms with Crippen molar-refractivity contribution in [2.75, 3.05) is 14.1 Å². The molecular weight excluding hydrogens is 206 g/mol. The molecule has 0 aliphatic carbocycles. The number of likely N-dealkylation sites (N-methyl/N-ethyl adjacent to an activating group) is 1. The second-order valence-corrected chi connectivity index (χ2v) is 5.23. The molecule has 1 unspecified atom stereocenters. The Morgan fingerprint density at radius 2 is 2.20 bits per heavy atom. The minimum absolute atomic E-state index is 0.303. The molecule has 0 bridgehead atoms. The topological polar surface area (TPSA) is 20.3 Å². The first-order chi connectivity index (χ1) is 7.00. The maximum atomic E-state index is 12.2. The summed E-state index contributed by atoms with van der Waals surface area (Å²) in [7, 11) is 3.94. The van der Waals surface area contributed by atoms with Crippen molar-refractivity contribution in [3.05, 3.63) is 22.4 Å². The van der Waals surface area contributed by atoms with Crippen LogP contribution in [0.1, 0.15) is 25.1 Å². The van der Waals surface area contributed by atoms with Gasteiger partial charge in [-0.05, 0) is 38.9 Å². The maximum Gasteiger partial charge on any atom is 0.157 e. The zero-order chi connectivity index (χ0) is 11.5. The number of ketones is 1. The van der Waals surface area contributed by atoms with Crippen molar-refractivity contribution < 1.29 is 4.79 Å².